The predicted octanol–water partition coefficient (Wildman–Crippen LogP) is 3.31. The highest BCUT2D eigenvalue weighted by atomic mass is 16.4. The molecule has 1 fully saturated rings. The molecule has 4 rings (SSSR count). The first-order valence-electron chi connectivity index (χ1n) is 9.00. The molecule has 0 atom stereocenters. The average molecular weight is 364 g/mol. The quantitative estimate of drug-likeness (QED) is 0.741. The predicted molar refractivity (Wildman–Crippen MR) is 101 cm³/mol. The number of carboxylic acids is 1. The zero-order valence-corrected chi connectivity index (χ0v) is 14.8. The van der Waals surface area contributed by atoms with Crippen molar-refractivity contribution in [2.45, 2.75) is 37.6 Å². The summed E-state index contributed by atoms with van der Waals surface area (Å²) < 4.78 is 1.63. The Bertz CT molecular complexity index is 1080. The molecule has 138 valence electrons. The fraction of sp³-hybridized carbons (Fsp3) is 0.286. The van der Waals surface area contributed by atoms with Crippen LogP contribution in [0.5, 0.6) is 5.75 Å². The van der Waals surface area contributed by atoms with Gasteiger partial charge in [-0.25, -0.2) is 4.79 Å². The Kier molecular flexibility index (Phi) is 4.18. The molecule has 0 unspecified atom stereocenters. The number of aromatic carboxylic acids is 1. The number of nitrogens with zero attached hydrogens (tertiary/aromatic N) is 2. The van der Waals surface area contributed by atoms with Crippen LogP contribution in [0.2, 0.25) is 0 Å². The second kappa shape index (κ2) is 6.54. The second-order valence-electron chi connectivity index (χ2n) is 7.26. The Hall–Kier alpha value is -3.15. The van der Waals surface area contributed by atoms with Crippen molar-refractivity contribution >= 4 is 16.9 Å². The van der Waals surface area contributed by atoms with Crippen LogP contribution in [0.3, 0.4) is 0 Å². The SMILES string of the molecule is O=C(O)c1cn(CC2(c3ccc4cccnc4c3)CCCC2)cc(O)c1=O. The van der Waals surface area contributed by atoms with Gasteiger partial charge in [0.05, 0.1) is 5.52 Å². The lowest BCUT2D eigenvalue weighted by Crippen LogP contribution is -2.30. The van der Waals surface area contributed by atoms with Crippen LogP contribution in [0.4, 0.5) is 0 Å². The van der Waals surface area contributed by atoms with E-state index >= 15 is 0 Å². The van der Waals surface area contributed by atoms with Crippen molar-refractivity contribution in [2.24, 2.45) is 0 Å². The highest BCUT2D eigenvalue weighted by Gasteiger charge is 2.36. The van der Waals surface area contributed by atoms with Crippen molar-refractivity contribution < 1.29 is 15.0 Å². The van der Waals surface area contributed by atoms with Crippen LogP contribution in [0.1, 0.15) is 41.6 Å². The second-order valence-corrected chi connectivity index (χ2v) is 7.26. The molecule has 6 nitrogen and oxygen atoms in total. The van der Waals surface area contributed by atoms with Gasteiger partial charge in [0.25, 0.3) is 0 Å². The number of aromatic nitrogens is 2. The molecular weight excluding hydrogens is 344 g/mol. The first-order chi connectivity index (χ1) is 13.0. The molecular formula is C21H20N2O4. The molecule has 2 N–H and O–H groups in total. The molecule has 1 aromatic carbocycles. The summed E-state index contributed by atoms with van der Waals surface area (Å²) in [4.78, 5) is 27.6. The molecule has 6 heteroatoms. The molecule has 3 aromatic rings. The van der Waals surface area contributed by atoms with E-state index in [0.717, 1.165) is 42.1 Å². The van der Waals surface area contributed by atoms with Gasteiger partial charge >= 0.3 is 5.97 Å². The maximum absolute atomic E-state index is 11.8. The molecule has 0 bridgehead atoms. The molecule has 1 saturated carbocycles. The Morgan fingerprint density at radius 2 is 1.96 bits per heavy atom. The van der Waals surface area contributed by atoms with Gasteiger partial charge in [-0.2, -0.15) is 0 Å². The van der Waals surface area contributed by atoms with Crippen LogP contribution in [0, 0.1) is 0 Å². The van der Waals surface area contributed by atoms with Crippen LogP contribution in [-0.2, 0) is 12.0 Å². The van der Waals surface area contributed by atoms with Gasteiger partial charge in [0.15, 0.2) is 5.75 Å². The third-order valence-electron chi connectivity index (χ3n) is 5.55. The van der Waals surface area contributed by atoms with Crippen LogP contribution in [-0.4, -0.2) is 25.7 Å². The van der Waals surface area contributed by atoms with E-state index in [2.05, 4.69) is 23.2 Å². The molecule has 1 aliphatic rings. The van der Waals surface area contributed by atoms with E-state index in [4.69, 9.17) is 0 Å². The van der Waals surface area contributed by atoms with E-state index in [0.29, 0.717) is 6.54 Å². The van der Waals surface area contributed by atoms with E-state index < -0.39 is 22.7 Å². The Morgan fingerprint density at radius 1 is 1.19 bits per heavy atom. The van der Waals surface area contributed by atoms with Gasteiger partial charge in [-0.05, 0) is 30.5 Å². The highest BCUT2D eigenvalue weighted by Crippen LogP contribution is 2.43. The number of rotatable bonds is 4. The van der Waals surface area contributed by atoms with Crippen LogP contribution in [0.15, 0.2) is 53.7 Å². The molecule has 0 spiro atoms. The maximum Gasteiger partial charge on any atom is 0.341 e. The van der Waals surface area contributed by atoms with Crippen molar-refractivity contribution in [3.05, 3.63) is 70.3 Å². The Morgan fingerprint density at radius 3 is 2.70 bits per heavy atom. The summed E-state index contributed by atoms with van der Waals surface area (Å²) in [5.74, 6) is -1.87. The molecule has 0 radical (unpaired) electrons. The number of hydrogen-bond acceptors (Lipinski definition) is 4. The first kappa shape index (κ1) is 17.3. The minimum absolute atomic E-state index is 0.178. The average Bonchev–Trinajstić information content (AvgIpc) is 3.13. The van der Waals surface area contributed by atoms with Crippen LogP contribution >= 0.6 is 0 Å². The first-order valence-corrected chi connectivity index (χ1v) is 9.00. The van der Waals surface area contributed by atoms with Gasteiger partial charge in [-0.15, -0.1) is 0 Å². The summed E-state index contributed by atoms with van der Waals surface area (Å²) >= 11 is 0. The zero-order valence-electron chi connectivity index (χ0n) is 14.8. The zero-order chi connectivity index (χ0) is 19.0. The van der Waals surface area contributed by atoms with Crippen molar-refractivity contribution in [1.82, 2.24) is 9.55 Å². The monoisotopic (exact) mass is 364 g/mol. The minimum atomic E-state index is -1.33. The third kappa shape index (κ3) is 3.07. The lowest BCUT2D eigenvalue weighted by atomic mass is 9.78. The number of benzene rings is 1. The largest absolute Gasteiger partial charge is 0.503 e. The molecule has 0 saturated heterocycles. The molecule has 0 aliphatic heterocycles. The van der Waals surface area contributed by atoms with Crippen molar-refractivity contribution in [2.75, 3.05) is 0 Å². The van der Waals surface area contributed by atoms with Crippen molar-refractivity contribution in [3.8, 4) is 5.75 Å². The van der Waals surface area contributed by atoms with E-state index in [9.17, 15) is 19.8 Å². The molecule has 2 aromatic heterocycles. The molecule has 2 heterocycles. The summed E-state index contributed by atoms with van der Waals surface area (Å²) in [5.41, 5.74) is 0.636. The van der Waals surface area contributed by atoms with Crippen LogP contribution in [0.25, 0.3) is 10.9 Å². The summed E-state index contributed by atoms with van der Waals surface area (Å²) in [5, 5.41) is 20.2. The Labute approximate surface area is 155 Å². The van der Waals surface area contributed by atoms with Crippen LogP contribution < -0.4 is 5.43 Å². The number of aromatic hydroxyl groups is 1. The molecule has 0 amide bonds. The van der Waals surface area contributed by atoms with Gasteiger partial charge in [0.1, 0.15) is 5.56 Å². The van der Waals surface area contributed by atoms with E-state index in [1.807, 2.05) is 12.1 Å². The third-order valence-corrected chi connectivity index (χ3v) is 5.55. The fourth-order valence-corrected chi connectivity index (χ4v) is 4.19. The van der Waals surface area contributed by atoms with Gasteiger partial charge in [0, 0.05) is 35.9 Å². The number of hydrogen-bond donors (Lipinski definition) is 2. The highest BCUT2D eigenvalue weighted by molar-refractivity contribution is 5.87. The van der Waals surface area contributed by atoms with Gasteiger partial charge in [0.2, 0.25) is 5.43 Å². The van der Waals surface area contributed by atoms with Gasteiger partial charge in [-0.3, -0.25) is 9.78 Å². The van der Waals surface area contributed by atoms with Crippen molar-refractivity contribution in [1.29, 1.82) is 0 Å². The molecule has 1 aliphatic carbocycles. The van der Waals surface area contributed by atoms with E-state index in [1.54, 1.807) is 10.8 Å². The van der Waals surface area contributed by atoms with Gasteiger partial charge in [-0.1, -0.05) is 31.0 Å². The standard InChI is InChI=1S/C21H20N2O4/c24-18-12-23(11-16(19(18)25)20(26)27)13-21(7-1-2-8-21)15-6-5-14-4-3-9-22-17(14)10-15/h3-6,9-12,24H,1-2,7-8,13H2,(H,26,27). The van der Waals surface area contributed by atoms with E-state index in [1.165, 1.54) is 12.4 Å². The van der Waals surface area contributed by atoms with E-state index in [-0.39, 0.29) is 5.41 Å². The lowest BCUT2D eigenvalue weighted by Gasteiger charge is -2.31. The summed E-state index contributed by atoms with van der Waals surface area (Å²) in [7, 11) is 0. The summed E-state index contributed by atoms with van der Waals surface area (Å²) in [6.45, 7) is 0.499. The number of fused-ring (bicyclic) bond motifs is 1. The Balaban J connectivity index is 1.78. The topological polar surface area (TPSA) is 92.4 Å². The molecule has 27 heavy (non-hydrogen) atoms. The van der Waals surface area contributed by atoms with Gasteiger partial charge < -0.3 is 14.8 Å². The lowest BCUT2D eigenvalue weighted by molar-refractivity contribution is 0.0693. The normalized spacial score (nSPS) is 15.9. The maximum atomic E-state index is 11.8. The summed E-state index contributed by atoms with van der Waals surface area (Å²) in [6.07, 6.45) is 8.50. The number of carbonyl (C=O) groups is 1. The summed E-state index contributed by atoms with van der Waals surface area (Å²) in [6, 6.07) is 10.2. The smallest absolute Gasteiger partial charge is 0.341 e. The minimum Gasteiger partial charge on any atom is -0.503 e. The van der Waals surface area contributed by atoms with Crippen molar-refractivity contribution in [3.63, 3.8) is 0 Å². The number of pyridine rings is 2. The number of carboxylic acid groups (broad SMARTS) is 1. The fourth-order valence-electron chi connectivity index (χ4n) is 4.19.